The first kappa shape index (κ1) is 14.0. The minimum atomic E-state index is -0.638. The molecule has 1 rings (SSSR count). The highest BCUT2D eigenvalue weighted by Gasteiger charge is 2.09. The number of benzene rings is 1. The Hall–Kier alpha value is -1.10. The number of aliphatic hydroxyl groups is 1. The summed E-state index contributed by atoms with van der Waals surface area (Å²) in [5.41, 5.74) is 0.709. The van der Waals surface area contributed by atoms with Crippen molar-refractivity contribution in [1.82, 2.24) is 10.6 Å². The second-order valence-electron chi connectivity index (χ2n) is 3.72. The van der Waals surface area contributed by atoms with Gasteiger partial charge in [-0.15, -0.1) is 0 Å². The molecule has 1 amide bonds. The van der Waals surface area contributed by atoms with Crippen LogP contribution in [0, 0.1) is 0 Å². The van der Waals surface area contributed by atoms with Crippen molar-refractivity contribution in [3.63, 3.8) is 0 Å². The lowest BCUT2D eigenvalue weighted by Crippen LogP contribution is -2.32. The number of carbonyl (C=O) groups excluding carboxylic acids is 1. The lowest BCUT2D eigenvalue weighted by Gasteiger charge is -2.13. The van der Waals surface area contributed by atoms with Crippen LogP contribution < -0.4 is 10.6 Å². The fourth-order valence-electron chi connectivity index (χ4n) is 1.42. The standard InChI is InChI=1S/C12H17ClN2O2/c1-9(16)15-7-6-14-8-12(17)10-4-2-3-5-11(10)13/h2-5,12,14,17H,6-8H2,1H3,(H,15,16). The lowest BCUT2D eigenvalue weighted by molar-refractivity contribution is -0.118. The molecule has 3 N–H and O–H groups in total. The van der Waals surface area contributed by atoms with Gasteiger partial charge in [0.05, 0.1) is 6.10 Å². The molecule has 17 heavy (non-hydrogen) atoms. The van der Waals surface area contributed by atoms with E-state index in [4.69, 9.17) is 11.6 Å². The normalized spacial score (nSPS) is 12.2. The molecule has 1 atom stereocenters. The van der Waals surface area contributed by atoms with Crippen LogP contribution in [0.4, 0.5) is 0 Å². The maximum Gasteiger partial charge on any atom is 0.216 e. The number of hydrogen-bond acceptors (Lipinski definition) is 3. The van der Waals surface area contributed by atoms with Crippen molar-refractivity contribution >= 4 is 17.5 Å². The Morgan fingerprint density at radius 3 is 2.76 bits per heavy atom. The summed E-state index contributed by atoms with van der Waals surface area (Å²) in [4.78, 5) is 10.6. The van der Waals surface area contributed by atoms with Gasteiger partial charge in [0.25, 0.3) is 0 Å². The van der Waals surface area contributed by atoms with Crippen molar-refractivity contribution in [3.05, 3.63) is 34.9 Å². The van der Waals surface area contributed by atoms with Crippen LogP contribution in [0.25, 0.3) is 0 Å². The highest BCUT2D eigenvalue weighted by atomic mass is 35.5. The highest BCUT2D eigenvalue weighted by molar-refractivity contribution is 6.31. The first-order valence-electron chi connectivity index (χ1n) is 5.49. The molecule has 0 aromatic heterocycles. The Balaban J connectivity index is 2.28. The summed E-state index contributed by atoms with van der Waals surface area (Å²) in [6.45, 7) is 3.04. The monoisotopic (exact) mass is 256 g/mol. The fraction of sp³-hybridized carbons (Fsp3) is 0.417. The SMILES string of the molecule is CC(=O)NCCNCC(O)c1ccccc1Cl. The van der Waals surface area contributed by atoms with Crippen molar-refractivity contribution < 1.29 is 9.90 Å². The van der Waals surface area contributed by atoms with Gasteiger partial charge in [0.1, 0.15) is 0 Å². The lowest BCUT2D eigenvalue weighted by atomic mass is 10.1. The summed E-state index contributed by atoms with van der Waals surface area (Å²) in [7, 11) is 0. The number of rotatable bonds is 6. The number of nitrogens with one attached hydrogen (secondary N) is 2. The van der Waals surface area contributed by atoms with Gasteiger partial charge in [-0.05, 0) is 6.07 Å². The molecule has 1 aromatic rings. The molecule has 0 aliphatic carbocycles. The topological polar surface area (TPSA) is 61.4 Å². The van der Waals surface area contributed by atoms with E-state index in [0.717, 1.165) is 0 Å². The summed E-state index contributed by atoms with van der Waals surface area (Å²) in [6.07, 6.45) is -0.638. The van der Waals surface area contributed by atoms with E-state index in [1.165, 1.54) is 6.92 Å². The first-order valence-corrected chi connectivity index (χ1v) is 5.86. The van der Waals surface area contributed by atoms with Gasteiger partial charge in [0.2, 0.25) is 5.91 Å². The minimum absolute atomic E-state index is 0.0570. The van der Waals surface area contributed by atoms with Gasteiger partial charge in [-0.25, -0.2) is 0 Å². The van der Waals surface area contributed by atoms with Gasteiger partial charge in [0.15, 0.2) is 0 Å². The Kier molecular flexibility index (Phi) is 5.97. The van der Waals surface area contributed by atoms with Crippen molar-refractivity contribution in [2.75, 3.05) is 19.6 Å². The average Bonchev–Trinajstić information content (AvgIpc) is 2.28. The molecule has 1 aromatic carbocycles. The quantitative estimate of drug-likeness (QED) is 0.668. The Morgan fingerprint density at radius 1 is 1.41 bits per heavy atom. The molecule has 1 unspecified atom stereocenters. The molecule has 0 aliphatic rings. The van der Waals surface area contributed by atoms with Gasteiger partial charge >= 0.3 is 0 Å². The molecular weight excluding hydrogens is 240 g/mol. The molecule has 0 spiro atoms. The van der Waals surface area contributed by atoms with Crippen molar-refractivity contribution in [3.8, 4) is 0 Å². The number of hydrogen-bond donors (Lipinski definition) is 3. The number of carbonyl (C=O) groups is 1. The molecule has 0 radical (unpaired) electrons. The van der Waals surface area contributed by atoms with Crippen LogP contribution >= 0.6 is 11.6 Å². The predicted molar refractivity (Wildman–Crippen MR) is 68.0 cm³/mol. The van der Waals surface area contributed by atoms with E-state index in [-0.39, 0.29) is 5.91 Å². The predicted octanol–water partition coefficient (Wildman–Crippen LogP) is 1.10. The van der Waals surface area contributed by atoms with Crippen LogP contribution in [-0.2, 0) is 4.79 Å². The summed E-state index contributed by atoms with van der Waals surface area (Å²) >= 11 is 5.96. The minimum Gasteiger partial charge on any atom is -0.387 e. The third-order valence-electron chi connectivity index (χ3n) is 2.28. The van der Waals surface area contributed by atoms with E-state index in [9.17, 15) is 9.90 Å². The molecule has 94 valence electrons. The summed E-state index contributed by atoms with van der Waals surface area (Å²) in [5.74, 6) is -0.0570. The largest absolute Gasteiger partial charge is 0.387 e. The van der Waals surface area contributed by atoms with Gasteiger partial charge in [0, 0.05) is 37.1 Å². The van der Waals surface area contributed by atoms with E-state index >= 15 is 0 Å². The molecule has 0 aliphatic heterocycles. The number of aliphatic hydroxyl groups excluding tert-OH is 1. The zero-order valence-corrected chi connectivity index (χ0v) is 10.5. The highest BCUT2D eigenvalue weighted by Crippen LogP contribution is 2.21. The number of amides is 1. The zero-order chi connectivity index (χ0) is 12.7. The average molecular weight is 257 g/mol. The molecule has 5 heteroatoms. The van der Waals surface area contributed by atoms with Crippen LogP contribution in [0.15, 0.2) is 24.3 Å². The van der Waals surface area contributed by atoms with Crippen LogP contribution in [-0.4, -0.2) is 30.6 Å². The van der Waals surface area contributed by atoms with Gasteiger partial charge in [-0.3, -0.25) is 4.79 Å². The van der Waals surface area contributed by atoms with E-state index in [1.54, 1.807) is 12.1 Å². The van der Waals surface area contributed by atoms with E-state index < -0.39 is 6.10 Å². The Morgan fingerprint density at radius 2 is 2.12 bits per heavy atom. The molecule has 0 bridgehead atoms. The van der Waals surface area contributed by atoms with E-state index in [0.29, 0.717) is 30.2 Å². The smallest absolute Gasteiger partial charge is 0.216 e. The molecule has 0 saturated heterocycles. The summed E-state index contributed by atoms with van der Waals surface area (Å²) in [6, 6.07) is 7.20. The van der Waals surface area contributed by atoms with Crippen LogP contribution in [0.2, 0.25) is 5.02 Å². The van der Waals surface area contributed by atoms with Crippen molar-refractivity contribution in [1.29, 1.82) is 0 Å². The van der Waals surface area contributed by atoms with Crippen molar-refractivity contribution in [2.45, 2.75) is 13.0 Å². The fourth-order valence-corrected chi connectivity index (χ4v) is 1.68. The molecule has 4 nitrogen and oxygen atoms in total. The zero-order valence-electron chi connectivity index (χ0n) is 9.74. The maximum atomic E-state index is 10.6. The van der Waals surface area contributed by atoms with E-state index in [2.05, 4.69) is 10.6 Å². The molecule has 0 saturated carbocycles. The van der Waals surface area contributed by atoms with E-state index in [1.807, 2.05) is 12.1 Å². The van der Waals surface area contributed by atoms with Crippen molar-refractivity contribution in [2.24, 2.45) is 0 Å². The Labute approximate surface area is 106 Å². The van der Waals surface area contributed by atoms with Crippen LogP contribution in [0.3, 0.4) is 0 Å². The molecule has 0 heterocycles. The third-order valence-corrected chi connectivity index (χ3v) is 2.62. The number of halogens is 1. The third kappa shape index (κ3) is 5.17. The molecular formula is C12H17ClN2O2. The van der Waals surface area contributed by atoms with Crippen LogP contribution in [0.1, 0.15) is 18.6 Å². The molecule has 0 fully saturated rings. The first-order chi connectivity index (χ1) is 8.11. The summed E-state index contributed by atoms with van der Waals surface area (Å²) < 4.78 is 0. The van der Waals surface area contributed by atoms with Crippen LogP contribution in [0.5, 0.6) is 0 Å². The second-order valence-corrected chi connectivity index (χ2v) is 4.13. The maximum absolute atomic E-state index is 10.6. The Bertz CT molecular complexity index is 371. The van der Waals surface area contributed by atoms with Gasteiger partial charge < -0.3 is 15.7 Å². The van der Waals surface area contributed by atoms with Gasteiger partial charge in [-0.2, -0.15) is 0 Å². The second kappa shape index (κ2) is 7.27. The van der Waals surface area contributed by atoms with Gasteiger partial charge in [-0.1, -0.05) is 29.8 Å². The summed E-state index contributed by atoms with van der Waals surface area (Å²) in [5, 5.41) is 16.1.